The van der Waals surface area contributed by atoms with Crippen LogP contribution in [-0.4, -0.2) is 11.5 Å². The van der Waals surface area contributed by atoms with E-state index in [-0.39, 0.29) is 17.5 Å². The molecule has 0 bridgehead atoms. The number of thiol groups is 1. The minimum Gasteiger partial charge on any atom is -0.293 e. The Morgan fingerprint density at radius 1 is 0.595 bits per heavy atom. The van der Waals surface area contributed by atoms with Crippen molar-refractivity contribution in [2.75, 3.05) is 5.75 Å². The summed E-state index contributed by atoms with van der Waals surface area (Å²) < 4.78 is 0. The number of rotatable bonds is 20. The average Bonchev–Trinajstić information content (AvgIpc) is 3.03. The van der Waals surface area contributed by atoms with Gasteiger partial charge in [-0.3, -0.25) is 4.79 Å². The number of carbonyl (C=O) groups excluding carboxylic acids is 1. The molecule has 0 spiro atoms. The van der Waals surface area contributed by atoms with E-state index in [0.717, 1.165) is 17.5 Å². The van der Waals surface area contributed by atoms with Crippen LogP contribution < -0.4 is 0 Å². The van der Waals surface area contributed by atoms with E-state index in [9.17, 15) is 4.79 Å². The summed E-state index contributed by atoms with van der Waals surface area (Å²) in [6.07, 6.45) is 21.6. The molecule has 0 aromatic heterocycles. The van der Waals surface area contributed by atoms with Crippen LogP contribution in [0.25, 0.3) is 21.5 Å². The molecule has 1 nitrogen and oxygen atoms in total. The summed E-state index contributed by atoms with van der Waals surface area (Å²) in [5.74, 6) is 0.516. The monoisotopic (exact) mass is 580 g/mol. The zero-order valence-electron chi connectivity index (χ0n) is 26.0. The molecule has 0 N–H and O–H groups in total. The van der Waals surface area contributed by atoms with Crippen molar-refractivity contribution in [1.82, 2.24) is 0 Å². The zero-order chi connectivity index (χ0) is 29.4. The molecule has 0 saturated heterocycles. The fraction of sp³-hybridized carbons (Fsp3) is 0.475. The van der Waals surface area contributed by atoms with Crippen LogP contribution in [0.4, 0.5) is 0 Å². The Hall–Kier alpha value is -2.58. The van der Waals surface area contributed by atoms with Gasteiger partial charge in [-0.25, -0.2) is 0 Å². The standard InChI is InChI=1S/C40H52OS/c1-2-3-4-5-6-7-8-9-10-11-12-13-14-15-16-29-38(36-27-21-22-28-37(36)39(41)31-42)40-34-25-19-17-23-32(34)30-33-24-18-20-26-35(33)40/h17-28,30,38,42H,2-16,29,31H2,1H3. The third kappa shape index (κ3) is 9.21. The third-order valence-electron chi connectivity index (χ3n) is 9.04. The molecule has 0 aliphatic carbocycles. The summed E-state index contributed by atoms with van der Waals surface area (Å²) >= 11 is 4.36. The highest BCUT2D eigenvalue weighted by molar-refractivity contribution is 7.81. The lowest BCUT2D eigenvalue weighted by molar-refractivity contribution is 0.102. The van der Waals surface area contributed by atoms with Crippen molar-refractivity contribution in [2.45, 2.75) is 116 Å². The van der Waals surface area contributed by atoms with Crippen LogP contribution in [0.2, 0.25) is 0 Å². The largest absolute Gasteiger partial charge is 0.293 e. The van der Waals surface area contributed by atoms with Gasteiger partial charge in [0.05, 0.1) is 5.75 Å². The lowest BCUT2D eigenvalue weighted by Crippen LogP contribution is -2.11. The Bertz CT molecular complexity index is 1320. The van der Waals surface area contributed by atoms with E-state index in [1.54, 1.807) is 0 Å². The molecule has 0 heterocycles. The van der Waals surface area contributed by atoms with Gasteiger partial charge in [-0.2, -0.15) is 12.6 Å². The van der Waals surface area contributed by atoms with Crippen LogP contribution in [0.15, 0.2) is 78.9 Å². The molecule has 0 amide bonds. The third-order valence-corrected chi connectivity index (χ3v) is 9.33. The summed E-state index contributed by atoms with van der Waals surface area (Å²) in [6, 6.07) is 28.1. The normalized spacial score (nSPS) is 12.2. The highest BCUT2D eigenvalue weighted by Gasteiger charge is 2.23. The van der Waals surface area contributed by atoms with Crippen LogP contribution >= 0.6 is 12.6 Å². The van der Waals surface area contributed by atoms with Crippen LogP contribution in [0, 0.1) is 0 Å². The predicted octanol–water partition coefficient (Wildman–Crippen LogP) is 12.5. The van der Waals surface area contributed by atoms with E-state index in [4.69, 9.17) is 0 Å². The van der Waals surface area contributed by atoms with E-state index in [1.807, 2.05) is 12.1 Å². The van der Waals surface area contributed by atoms with E-state index in [1.165, 1.54) is 123 Å². The fourth-order valence-corrected chi connectivity index (χ4v) is 6.91. The van der Waals surface area contributed by atoms with Gasteiger partial charge in [0.1, 0.15) is 0 Å². The number of unbranched alkanes of at least 4 members (excludes halogenated alkanes) is 14. The summed E-state index contributed by atoms with van der Waals surface area (Å²) in [4.78, 5) is 13.0. The van der Waals surface area contributed by atoms with E-state index >= 15 is 0 Å². The molecule has 0 aliphatic heterocycles. The Labute approximate surface area is 260 Å². The highest BCUT2D eigenvalue weighted by Crippen LogP contribution is 2.41. The van der Waals surface area contributed by atoms with Gasteiger partial charge in [0, 0.05) is 11.5 Å². The first-order chi connectivity index (χ1) is 20.7. The zero-order valence-corrected chi connectivity index (χ0v) is 26.9. The second kappa shape index (κ2) is 18.2. The Morgan fingerprint density at radius 2 is 1.05 bits per heavy atom. The molecule has 0 fully saturated rings. The van der Waals surface area contributed by atoms with Gasteiger partial charge in [-0.05, 0) is 45.2 Å². The van der Waals surface area contributed by atoms with Gasteiger partial charge in [-0.15, -0.1) is 0 Å². The summed E-state index contributed by atoms with van der Waals surface area (Å²) in [7, 11) is 0. The molecule has 4 aromatic carbocycles. The quantitative estimate of drug-likeness (QED) is 0.0476. The first kappa shape index (κ1) is 32.3. The maximum absolute atomic E-state index is 13.0. The van der Waals surface area contributed by atoms with Crippen molar-refractivity contribution in [3.8, 4) is 0 Å². The molecule has 42 heavy (non-hydrogen) atoms. The SMILES string of the molecule is CCCCCCCCCCCCCCCCCC(c1ccccc1C(=O)CS)c1c2ccccc2cc2ccccc12. The minimum absolute atomic E-state index is 0.111. The molecule has 1 unspecified atom stereocenters. The minimum atomic E-state index is 0.111. The topological polar surface area (TPSA) is 17.1 Å². The van der Waals surface area contributed by atoms with Gasteiger partial charge in [0.15, 0.2) is 5.78 Å². The Balaban J connectivity index is 1.38. The van der Waals surface area contributed by atoms with Crippen LogP contribution in [0.5, 0.6) is 0 Å². The fourth-order valence-electron chi connectivity index (χ4n) is 6.74. The molecule has 1 atom stereocenters. The molecule has 0 aliphatic rings. The molecular weight excluding hydrogens is 529 g/mol. The van der Waals surface area contributed by atoms with Gasteiger partial charge in [-0.1, -0.05) is 176 Å². The molecule has 2 heteroatoms. The second-order valence-corrected chi connectivity index (χ2v) is 12.5. The second-order valence-electron chi connectivity index (χ2n) is 12.2. The number of Topliss-reactive ketones (excluding diaryl/α,β-unsaturated/α-hetero) is 1. The van der Waals surface area contributed by atoms with Gasteiger partial charge in [0.2, 0.25) is 0 Å². The molecule has 4 rings (SSSR count). The number of benzene rings is 4. The lowest BCUT2D eigenvalue weighted by Gasteiger charge is -2.24. The van der Waals surface area contributed by atoms with Crippen LogP contribution in [0.1, 0.15) is 137 Å². The maximum Gasteiger partial charge on any atom is 0.172 e. The smallest absolute Gasteiger partial charge is 0.172 e. The number of hydrogen-bond donors (Lipinski definition) is 1. The van der Waals surface area contributed by atoms with E-state index in [2.05, 4.69) is 86.3 Å². The molecule has 224 valence electrons. The highest BCUT2D eigenvalue weighted by atomic mass is 32.1. The number of ketones is 1. The number of hydrogen-bond acceptors (Lipinski definition) is 2. The van der Waals surface area contributed by atoms with Crippen molar-refractivity contribution < 1.29 is 4.79 Å². The average molecular weight is 581 g/mol. The van der Waals surface area contributed by atoms with E-state index in [0.29, 0.717) is 0 Å². The van der Waals surface area contributed by atoms with Crippen molar-refractivity contribution >= 4 is 40.0 Å². The lowest BCUT2D eigenvalue weighted by atomic mass is 9.79. The van der Waals surface area contributed by atoms with Crippen molar-refractivity contribution in [3.63, 3.8) is 0 Å². The maximum atomic E-state index is 13.0. The van der Waals surface area contributed by atoms with Crippen molar-refractivity contribution in [3.05, 3.63) is 95.6 Å². The van der Waals surface area contributed by atoms with Crippen molar-refractivity contribution in [1.29, 1.82) is 0 Å². The first-order valence-electron chi connectivity index (χ1n) is 16.9. The predicted molar refractivity (Wildman–Crippen MR) is 187 cm³/mol. The first-order valence-corrected chi connectivity index (χ1v) is 17.5. The van der Waals surface area contributed by atoms with Gasteiger partial charge in [0.25, 0.3) is 0 Å². The van der Waals surface area contributed by atoms with Crippen LogP contribution in [0.3, 0.4) is 0 Å². The van der Waals surface area contributed by atoms with E-state index < -0.39 is 0 Å². The Kier molecular flexibility index (Phi) is 14.0. The Morgan fingerprint density at radius 3 is 1.57 bits per heavy atom. The summed E-state index contributed by atoms with van der Waals surface area (Å²) in [6.45, 7) is 2.29. The van der Waals surface area contributed by atoms with Gasteiger partial charge >= 0.3 is 0 Å². The summed E-state index contributed by atoms with van der Waals surface area (Å²) in [5, 5.41) is 5.14. The molecule has 0 radical (unpaired) electrons. The molecule has 4 aromatic rings. The van der Waals surface area contributed by atoms with Gasteiger partial charge < -0.3 is 0 Å². The number of carbonyl (C=O) groups is 1. The van der Waals surface area contributed by atoms with Crippen molar-refractivity contribution in [2.24, 2.45) is 0 Å². The summed E-state index contributed by atoms with van der Waals surface area (Å²) in [5.41, 5.74) is 3.35. The number of fused-ring (bicyclic) bond motifs is 2. The van der Waals surface area contributed by atoms with Crippen LogP contribution in [-0.2, 0) is 0 Å². The molecular formula is C40H52OS. The molecule has 0 saturated carbocycles.